The first kappa shape index (κ1) is 23.8. The van der Waals surface area contributed by atoms with Gasteiger partial charge in [0.05, 0.1) is 17.8 Å². The Morgan fingerprint density at radius 2 is 2.18 bits per heavy atom. The predicted molar refractivity (Wildman–Crippen MR) is 126 cm³/mol. The van der Waals surface area contributed by atoms with Crippen LogP contribution >= 0.6 is 22.9 Å². The van der Waals surface area contributed by atoms with E-state index in [-0.39, 0.29) is 11.6 Å². The molecule has 7 nitrogen and oxygen atoms in total. The van der Waals surface area contributed by atoms with Crippen molar-refractivity contribution < 1.29 is 19.0 Å². The summed E-state index contributed by atoms with van der Waals surface area (Å²) in [6.45, 7) is 5.58. The zero-order valence-electron chi connectivity index (χ0n) is 18.5. The Hall–Kier alpha value is -2.33. The standard InChI is InChI=1S/C23H26ClFN4O3S/c1-3-32-22(30)18-17(13-29-9-6-23(2,31)7-10-29)27-20(21-26-8-11-33-21)28-19(18)15-5-4-14(25)12-16(15)24/h4-5,8,11-12,19,31H,3,6-7,9-10,13H2,1-2H3,(H,27,28). The first-order valence-electron chi connectivity index (χ1n) is 10.8. The normalized spacial score (nSPS) is 20.9. The molecule has 4 rings (SSSR count). The minimum atomic E-state index is -0.778. The maximum Gasteiger partial charge on any atom is 0.338 e. The van der Waals surface area contributed by atoms with E-state index in [1.807, 2.05) is 12.3 Å². The molecule has 2 N–H and O–H groups in total. The molecule has 0 spiro atoms. The number of likely N-dealkylation sites (tertiary alicyclic amines) is 1. The highest BCUT2D eigenvalue weighted by Gasteiger charge is 2.35. The zero-order chi connectivity index (χ0) is 23.6. The van der Waals surface area contributed by atoms with Gasteiger partial charge >= 0.3 is 5.97 Å². The van der Waals surface area contributed by atoms with Gasteiger partial charge in [0.15, 0.2) is 10.8 Å². The SMILES string of the molecule is CCOC(=O)C1=C(CN2CCC(C)(O)CC2)NC(c2nccs2)=NC1c1ccc(F)cc1Cl. The molecule has 1 aromatic carbocycles. The third-order valence-corrected chi connectivity index (χ3v) is 6.94. The molecule has 1 fully saturated rings. The van der Waals surface area contributed by atoms with Crippen LogP contribution in [0.1, 0.15) is 43.3 Å². The summed E-state index contributed by atoms with van der Waals surface area (Å²) in [6, 6.07) is 3.29. The van der Waals surface area contributed by atoms with Gasteiger partial charge in [-0.1, -0.05) is 17.7 Å². The van der Waals surface area contributed by atoms with E-state index in [0.29, 0.717) is 60.2 Å². The fourth-order valence-corrected chi connectivity index (χ4v) is 4.84. The van der Waals surface area contributed by atoms with Crippen molar-refractivity contribution in [2.75, 3.05) is 26.2 Å². The number of hydrogen-bond donors (Lipinski definition) is 2. The lowest BCUT2D eigenvalue weighted by Gasteiger charge is -2.37. The minimum Gasteiger partial charge on any atom is -0.463 e. The highest BCUT2D eigenvalue weighted by atomic mass is 35.5. The van der Waals surface area contributed by atoms with Gasteiger partial charge in [-0.05, 0) is 38.8 Å². The first-order valence-corrected chi connectivity index (χ1v) is 12.1. The Balaban J connectivity index is 1.78. The van der Waals surface area contributed by atoms with Gasteiger partial charge in [-0.15, -0.1) is 11.3 Å². The molecule has 0 bridgehead atoms. The van der Waals surface area contributed by atoms with Gasteiger partial charge in [-0.25, -0.2) is 14.2 Å². The molecule has 2 aromatic rings. The fraction of sp³-hybridized carbons (Fsp3) is 0.435. The van der Waals surface area contributed by atoms with Crippen LogP contribution in [0.2, 0.25) is 5.02 Å². The highest BCUT2D eigenvalue weighted by molar-refractivity contribution is 7.11. The Morgan fingerprint density at radius 1 is 1.42 bits per heavy atom. The Labute approximate surface area is 200 Å². The second-order valence-electron chi connectivity index (χ2n) is 8.39. The number of hydrogen-bond acceptors (Lipinski definition) is 8. The number of aliphatic imine (C=N–C) groups is 1. The molecule has 176 valence electrons. The van der Waals surface area contributed by atoms with Crippen LogP contribution < -0.4 is 5.32 Å². The average Bonchev–Trinajstić information content (AvgIpc) is 3.30. The van der Waals surface area contributed by atoms with E-state index in [9.17, 15) is 14.3 Å². The maximum absolute atomic E-state index is 13.8. The molecule has 1 aromatic heterocycles. The van der Waals surface area contributed by atoms with Gasteiger partial charge in [0.2, 0.25) is 0 Å². The van der Waals surface area contributed by atoms with Crippen molar-refractivity contribution in [3.05, 3.63) is 62.5 Å². The molecule has 1 saturated heterocycles. The number of benzene rings is 1. The molecule has 1 atom stereocenters. The first-order chi connectivity index (χ1) is 15.8. The summed E-state index contributed by atoms with van der Waals surface area (Å²) in [5.41, 5.74) is 0.798. The summed E-state index contributed by atoms with van der Waals surface area (Å²) < 4.78 is 19.1. The molecular weight excluding hydrogens is 467 g/mol. The molecule has 0 aliphatic carbocycles. The van der Waals surface area contributed by atoms with Crippen molar-refractivity contribution in [2.45, 2.75) is 38.3 Å². The maximum atomic E-state index is 13.8. The van der Waals surface area contributed by atoms with E-state index < -0.39 is 23.4 Å². The van der Waals surface area contributed by atoms with Crippen LogP contribution in [0.5, 0.6) is 0 Å². The number of aromatic nitrogens is 1. The van der Waals surface area contributed by atoms with Crippen LogP contribution in [0, 0.1) is 5.82 Å². The summed E-state index contributed by atoms with van der Waals surface area (Å²) >= 11 is 7.82. The zero-order valence-corrected chi connectivity index (χ0v) is 20.0. The molecule has 10 heteroatoms. The summed E-state index contributed by atoms with van der Waals surface area (Å²) in [5.74, 6) is -0.456. The smallest absolute Gasteiger partial charge is 0.338 e. The second kappa shape index (κ2) is 9.89. The number of carbonyl (C=O) groups excluding carboxylic acids is 1. The molecule has 3 heterocycles. The number of esters is 1. The third-order valence-electron chi connectivity index (χ3n) is 5.83. The van der Waals surface area contributed by atoms with Gasteiger partial charge < -0.3 is 15.2 Å². The van der Waals surface area contributed by atoms with Crippen LogP contribution in [-0.2, 0) is 9.53 Å². The fourth-order valence-electron chi connectivity index (χ4n) is 3.98. The summed E-state index contributed by atoms with van der Waals surface area (Å²) in [7, 11) is 0. The third kappa shape index (κ3) is 5.43. The average molecular weight is 493 g/mol. The van der Waals surface area contributed by atoms with Crippen molar-refractivity contribution in [1.29, 1.82) is 0 Å². The van der Waals surface area contributed by atoms with Gasteiger partial charge in [-0.3, -0.25) is 9.89 Å². The Bertz CT molecular complexity index is 1080. The Morgan fingerprint density at radius 3 is 2.82 bits per heavy atom. The number of piperidine rings is 1. The van der Waals surface area contributed by atoms with E-state index in [1.54, 1.807) is 19.2 Å². The summed E-state index contributed by atoms with van der Waals surface area (Å²) in [4.78, 5) is 24.4. The second-order valence-corrected chi connectivity index (χ2v) is 9.70. The van der Waals surface area contributed by atoms with Crippen LogP contribution in [0.3, 0.4) is 0 Å². The molecule has 0 radical (unpaired) electrons. The topological polar surface area (TPSA) is 87.0 Å². The number of halogens is 2. The van der Waals surface area contributed by atoms with E-state index in [4.69, 9.17) is 21.3 Å². The van der Waals surface area contributed by atoms with Crippen LogP contribution in [0.4, 0.5) is 4.39 Å². The molecule has 2 aliphatic heterocycles. The molecule has 0 amide bonds. The van der Waals surface area contributed by atoms with E-state index in [1.165, 1.54) is 23.5 Å². The lowest BCUT2D eigenvalue weighted by molar-refractivity contribution is -0.139. The van der Waals surface area contributed by atoms with E-state index in [0.717, 1.165) is 0 Å². The summed E-state index contributed by atoms with van der Waals surface area (Å²) in [6.07, 6.45) is 2.95. The number of ether oxygens (including phenoxy) is 1. The number of carbonyl (C=O) groups is 1. The van der Waals surface area contributed by atoms with Crippen molar-refractivity contribution in [3.8, 4) is 0 Å². The molecule has 0 saturated carbocycles. The number of nitrogens with zero attached hydrogens (tertiary/aromatic N) is 3. The van der Waals surface area contributed by atoms with Gasteiger partial charge in [-0.2, -0.15) is 0 Å². The van der Waals surface area contributed by atoms with Gasteiger partial charge in [0.1, 0.15) is 11.9 Å². The number of thiazole rings is 1. The van der Waals surface area contributed by atoms with Crippen LogP contribution in [0.25, 0.3) is 0 Å². The molecule has 1 unspecified atom stereocenters. The van der Waals surface area contributed by atoms with Gasteiger partial charge in [0, 0.05) is 47.5 Å². The number of rotatable bonds is 6. The minimum absolute atomic E-state index is 0.180. The lowest BCUT2D eigenvalue weighted by atomic mass is 9.92. The van der Waals surface area contributed by atoms with E-state index >= 15 is 0 Å². The quantitative estimate of drug-likeness (QED) is 0.598. The number of aliphatic hydroxyl groups is 1. The monoisotopic (exact) mass is 492 g/mol. The largest absolute Gasteiger partial charge is 0.463 e. The van der Waals surface area contributed by atoms with E-state index in [2.05, 4.69) is 15.2 Å². The lowest BCUT2D eigenvalue weighted by Crippen LogP contribution is -2.46. The van der Waals surface area contributed by atoms with Crippen LogP contribution in [-0.4, -0.2) is 58.6 Å². The summed E-state index contributed by atoms with van der Waals surface area (Å²) in [5, 5.41) is 16.3. The number of amidine groups is 1. The highest BCUT2D eigenvalue weighted by Crippen LogP contribution is 2.37. The Kier molecular flexibility index (Phi) is 7.13. The van der Waals surface area contributed by atoms with Crippen molar-refractivity contribution in [3.63, 3.8) is 0 Å². The van der Waals surface area contributed by atoms with Crippen LogP contribution in [0.15, 0.2) is 46.0 Å². The van der Waals surface area contributed by atoms with Gasteiger partial charge in [0.25, 0.3) is 0 Å². The van der Waals surface area contributed by atoms with Crippen molar-refractivity contribution >= 4 is 34.7 Å². The van der Waals surface area contributed by atoms with Crippen molar-refractivity contribution in [2.24, 2.45) is 4.99 Å². The van der Waals surface area contributed by atoms with Crippen molar-refractivity contribution in [1.82, 2.24) is 15.2 Å². The molecular formula is C23H26ClFN4O3S. The number of nitrogens with one attached hydrogen (secondary N) is 1. The molecule has 33 heavy (non-hydrogen) atoms. The molecule has 2 aliphatic rings. The predicted octanol–water partition coefficient (Wildman–Crippen LogP) is 3.69.